The molecule has 0 bridgehead atoms. The van der Waals surface area contributed by atoms with Crippen molar-refractivity contribution in [1.82, 2.24) is 35.2 Å². The smallest absolute Gasteiger partial charge is 0.387 e. The molecule has 6 rings (SSSR count). The van der Waals surface area contributed by atoms with Crippen LogP contribution >= 0.6 is 11.8 Å². The van der Waals surface area contributed by atoms with Crippen molar-refractivity contribution < 1.29 is 27.8 Å². The van der Waals surface area contributed by atoms with Gasteiger partial charge < -0.3 is 24.7 Å². The number of hydrazine groups is 1. The van der Waals surface area contributed by atoms with Crippen molar-refractivity contribution in [2.75, 3.05) is 32.8 Å². The van der Waals surface area contributed by atoms with E-state index in [4.69, 9.17) is 9.47 Å². The molecule has 1 fully saturated rings. The van der Waals surface area contributed by atoms with Gasteiger partial charge in [-0.3, -0.25) is 9.59 Å². The molecule has 0 saturated carbocycles. The molecule has 2 aromatic heterocycles. The number of carbonyl (C=O) groups excluding carboxylic acids is 2. The van der Waals surface area contributed by atoms with Gasteiger partial charge in [0.15, 0.2) is 5.65 Å². The first kappa shape index (κ1) is 27.2. The van der Waals surface area contributed by atoms with Gasteiger partial charge in [0.1, 0.15) is 17.9 Å². The van der Waals surface area contributed by atoms with Crippen LogP contribution in [0.15, 0.2) is 71.8 Å². The molecule has 14 heteroatoms. The number of hydrogen-bond acceptors (Lipinski definition) is 9. The molecule has 214 valence electrons. The number of fused-ring (bicyclic) bond motifs is 1. The van der Waals surface area contributed by atoms with Crippen molar-refractivity contribution in [1.29, 1.82) is 0 Å². The number of benzene rings is 1. The maximum Gasteiger partial charge on any atom is 0.387 e. The summed E-state index contributed by atoms with van der Waals surface area (Å²) in [7, 11) is 0. The highest BCUT2D eigenvalue weighted by Gasteiger charge is 2.33. The Hall–Kier alpha value is -4.01. The van der Waals surface area contributed by atoms with E-state index in [-0.39, 0.29) is 29.0 Å². The van der Waals surface area contributed by atoms with Crippen molar-refractivity contribution in [3.8, 4) is 5.75 Å². The molecule has 0 spiro atoms. The highest BCUT2D eigenvalue weighted by atomic mass is 32.2. The molecule has 3 aliphatic heterocycles. The Morgan fingerprint density at radius 1 is 1.27 bits per heavy atom. The molecule has 2 amide bonds. The fourth-order valence-electron chi connectivity index (χ4n) is 4.75. The molecule has 11 nitrogen and oxygen atoms in total. The van der Waals surface area contributed by atoms with Crippen LogP contribution in [0.4, 0.5) is 8.78 Å². The molecule has 1 saturated heterocycles. The van der Waals surface area contributed by atoms with Crippen molar-refractivity contribution in [3.63, 3.8) is 0 Å². The molecule has 0 aliphatic carbocycles. The van der Waals surface area contributed by atoms with E-state index in [9.17, 15) is 18.4 Å². The number of carbonyl (C=O) groups is 2. The third-order valence-corrected chi connectivity index (χ3v) is 7.95. The number of amides is 2. The molecule has 1 aromatic carbocycles. The second-order valence-corrected chi connectivity index (χ2v) is 11.0. The van der Waals surface area contributed by atoms with Crippen LogP contribution in [0.5, 0.6) is 5.75 Å². The van der Waals surface area contributed by atoms with Crippen LogP contribution in [0.25, 0.3) is 5.65 Å². The second kappa shape index (κ2) is 11.8. The lowest BCUT2D eigenvalue weighted by molar-refractivity contribution is -0.132. The van der Waals surface area contributed by atoms with E-state index >= 15 is 0 Å². The molecule has 2 N–H and O–H groups in total. The first-order chi connectivity index (χ1) is 19.9. The molecule has 41 heavy (non-hydrogen) atoms. The van der Waals surface area contributed by atoms with Gasteiger partial charge in [0, 0.05) is 42.1 Å². The van der Waals surface area contributed by atoms with E-state index < -0.39 is 18.6 Å². The summed E-state index contributed by atoms with van der Waals surface area (Å²) in [6, 6.07) is 5.87. The third-order valence-electron chi connectivity index (χ3n) is 6.82. The highest BCUT2D eigenvalue weighted by molar-refractivity contribution is 8.00. The summed E-state index contributed by atoms with van der Waals surface area (Å²) >= 11 is 1.57. The lowest BCUT2D eigenvalue weighted by atomic mass is 10.0. The number of ether oxygens (including phenoxy) is 2. The largest absolute Gasteiger partial charge is 0.434 e. The van der Waals surface area contributed by atoms with Gasteiger partial charge in [-0.15, -0.1) is 11.8 Å². The second-order valence-electron chi connectivity index (χ2n) is 9.63. The zero-order chi connectivity index (χ0) is 28.3. The Bertz CT molecular complexity index is 1510. The maximum absolute atomic E-state index is 13.4. The number of hydrogen-bond donors (Lipinski definition) is 2. The van der Waals surface area contributed by atoms with Gasteiger partial charge in [-0.2, -0.15) is 13.9 Å². The molecule has 1 unspecified atom stereocenters. The zero-order valence-corrected chi connectivity index (χ0v) is 22.6. The van der Waals surface area contributed by atoms with Gasteiger partial charge in [-0.25, -0.2) is 14.9 Å². The number of nitrogens with one attached hydrogen (secondary N) is 2. The first-order valence-corrected chi connectivity index (χ1v) is 13.9. The number of nitrogens with zero attached hydrogens (tertiary/aromatic N) is 5. The lowest BCUT2D eigenvalue weighted by Gasteiger charge is -2.28. The molecule has 3 aliphatic rings. The van der Waals surface area contributed by atoms with Gasteiger partial charge in [-0.1, -0.05) is 12.2 Å². The monoisotopic (exact) mass is 583 g/mol. The van der Waals surface area contributed by atoms with E-state index in [1.54, 1.807) is 58.5 Å². The van der Waals surface area contributed by atoms with Crippen LogP contribution in [-0.4, -0.2) is 81.0 Å². The average Bonchev–Trinajstić information content (AvgIpc) is 3.55. The quantitative estimate of drug-likeness (QED) is 0.367. The van der Waals surface area contributed by atoms with Crippen LogP contribution in [0, 0.1) is 0 Å². The van der Waals surface area contributed by atoms with Gasteiger partial charge in [0.05, 0.1) is 36.4 Å². The maximum atomic E-state index is 13.4. The Labute approximate surface area is 238 Å². The minimum Gasteiger partial charge on any atom is -0.434 e. The van der Waals surface area contributed by atoms with Crippen LogP contribution in [0.1, 0.15) is 28.4 Å². The SMILES string of the molecule is O=C(NC1=CN(CC(=O)N2CC=CCC2)NC1c1cc(SC2COC2)ccc1OC(F)F)c1cnn2cccnc12. The van der Waals surface area contributed by atoms with E-state index in [0.717, 1.165) is 11.3 Å². The number of halogens is 2. The van der Waals surface area contributed by atoms with E-state index in [1.165, 1.54) is 16.8 Å². The molecular weight excluding hydrogens is 556 g/mol. The molecular formula is C27H27F2N7O4S. The summed E-state index contributed by atoms with van der Waals surface area (Å²) in [5.41, 5.74) is 4.54. The van der Waals surface area contributed by atoms with Gasteiger partial charge >= 0.3 is 6.61 Å². The van der Waals surface area contributed by atoms with E-state index in [0.29, 0.717) is 43.2 Å². The fourth-order valence-corrected chi connectivity index (χ4v) is 5.81. The predicted molar refractivity (Wildman–Crippen MR) is 145 cm³/mol. The number of aromatic nitrogens is 3. The number of alkyl halides is 2. The predicted octanol–water partition coefficient (Wildman–Crippen LogP) is 2.74. The zero-order valence-electron chi connectivity index (χ0n) is 21.8. The molecule has 5 heterocycles. The van der Waals surface area contributed by atoms with Gasteiger partial charge in [0.25, 0.3) is 5.91 Å². The van der Waals surface area contributed by atoms with Crippen molar-refractivity contribution in [2.24, 2.45) is 0 Å². The van der Waals surface area contributed by atoms with Gasteiger partial charge in [0.2, 0.25) is 5.91 Å². The summed E-state index contributed by atoms with van der Waals surface area (Å²) in [6.45, 7) is -0.743. The summed E-state index contributed by atoms with van der Waals surface area (Å²) in [4.78, 5) is 33.2. The highest BCUT2D eigenvalue weighted by Crippen LogP contribution is 2.38. The summed E-state index contributed by atoms with van der Waals surface area (Å²) in [5.74, 6) is -0.645. The standard InChI is InChI=1S/C27H27F2N7O4S/c28-27(29)40-22-6-5-17(41-18-15-39-16-18)11-19(22)24-21(13-35(33-24)14-23(37)34-8-2-1-3-9-34)32-26(38)20-12-31-36-10-4-7-30-25(20)36/h1-2,4-7,10-13,18,24,27,33H,3,8-9,14-16H2,(H,32,38). The Morgan fingerprint density at radius 2 is 2.15 bits per heavy atom. The minimum absolute atomic E-state index is 0.0269. The minimum atomic E-state index is -3.05. The Kier molecular flexibility index (Phi) is 7.85. The van der Waals surface area contributed by atoms with Crippen molar-refractivity contribution >= 4 is 29.2 Å². The van der Waals surface area contributed by atoms with Crippen LogP contribution < -0.4 is 15.5 Å². The number of thioether (sulfide) groups is 1. The third kappa shape index (κ3) is 6.04. The molecule has 0 radical (unpaired) electrons. The Balaban J connectivity index is 1.31. The van der Waals surface area contributed by atoms with Crippen LogP contribution in [0.3, 0.4) is 0 Å². The van der Waals surface area contributed by atoms with Crippen molar-refractivity contribution in [2.45, 2.75) is 29.2 Å². The fraction of sp³-hybridized carbons (Fsp3) is 0.333. The summed E-state index contributed by atoms with van der Waals surface area (Å²) in [6.07, 6.45) is 11.0. The normalized spacial score (nSPS) is 19.0. The van der Waals surface area contributed by atoms with Crippen LogP contribution in [-0.2, 0) is 9.53 Å². The molecule has 3 aromatic rings. The summed E-state index contributed by atoms with van der Waals surface area (Å²) < 4.78 is 38.5. The molecule has 1 atom stereocenters. The van der Waals surface area contributed by atoms with Crippen LogP contribution in [0.2, 0.25) is 0 Å². The van der Waals surface area contributed by atoms with Gasteiger partial charge in [-0.05, 0) is 30.7 Å². The number of rotatable bonds is 9. The van der Waals surface area contributed by atoms with Crippen molar-refractivity contribution in [3.05, 3.63) is 78.0 Å². The average molecular weight is 584 g/mol. The first-order valence-electron chi connectivity index (χ1n) is 13.0. The topological polar surface area (TPSA) is 113 Å². The Morgan fingerprint density at radius 3 is 2.90 bits per heavy atom. The lowest BCUT2D eigenvalue weighted by Crippen LogP contribution is -2.43. The van der Waals surface area contributed by atoms with E-state index in [1.807, 2.05) is 12.2 Å². The summed E-state index contributed by atoms with van der Waals surface area (Å²) in [5, 5.41) is 8.87. The van der Waals surface area contributed by atoms with E-state index in [2.05, 4.69) is 20.8 Å².